The van der Waals surface area contributed by atoms with E-state index in [-0.39, 0.29) is 85.2 Å². The second-order valence-electron chi connectivity index (χ2n) is 15.9. The van der Waals surface area contributed by atoms with Crippen LogP contribution in [-0.2, 0) is 51.0 Å². The maximum Gasteiger partial charge on any atom is 0.407 e. The molecule has 2 fully saturated rings. The number of methoxy groups -OCH3 is 3. The number of aromatic hydroxyl groups is 1. The van der Waals surface area contributed by atoms with E-state index in [0.717, 1.165) is 0 Å². The summed E-state index contributed by atoms with van der Waals surface area (Å²) in [7, 11) is 6.09. The van der Waals surface area contributed by atoms with Gasteiger partial charge in [0.05, 0.1) is 43.8 Å². The highest BCUT2D eigenvalue weighted by atomic mass is 16.8. The Morgan fingerprint density at radius 3 is 2.42 bits per heavy atom. The number of rotatable bonds is 19. The van der Waals surface area contributed by atoms with Crippen molar-refractivity contribution in [2.24, 2.45) is 23.5 Å². The van der Waals surface area contributed by atoms with E-state index in [1.54, 1.807) is 31.3 Å². The molecule has 2 saturated heterocycles. The number of amides is 4. The van der Waals surface area contributed by atoms with Crippen LogP contribution in [0.15, 0.2) is 24.3 Å². The lowest BCUT2D eigenvalue weighted by atomic mass is 9.80. The molecule has 7 unspecified atom stereocenters. The van der Waals surface area contributed by atoms with Gasteiger partial charge in [0, 0.05) is 56.1 Å². The van der Waals surface area contributed by atoms with E-state index in [9.17, 15) is 29.4 Å². The maximum absolute atomic E-state index is 13.3. The normalized spacial score (nSPS) is 25.5. The number of epoxide rings is 1. The Morgan fingerprint density at radius 2 is 1.77 bits per heavy atom. The molecule has 2 aromatic carbocycles. The van der Waals surface area contributed by atoms with Gasteiger partial charge in [-0.15, -0.1) is 0 Å². The molecular formula is C43H59N5O14. The van der Waals surface area contributed by atoms with Crippen LogP contribution in [0.3, 0.4) is 0 Å². The molecule has 4 amide bonds. The van der Waals surface area contributed by atoms with E-state index >= 15 is 0 Å². The van der Waals surface area contributed by atoms with Gasteiger partial charge in [0.25, 0.3) is 5.79 Å². The number of fused-ring (bicyclic) bond motifs is 2. The Kier molecular flexibility index (Phi) is 15.0. The average Bonchev–Trinajstić information content (AvgIpc) is 4.06. The number of anilines is 1. The van der Waals surface area contributed by atoms with Crippen LogP contribution < -0.4 is 42.2 Å². The zero-order valence-corrected chi connectivity index (χ0v) is 36.0. The van der Waals surface area contributed by atoms with Crippen molar-refractivity contribution in [3.05, 3.63) is 51.4 Å². The Balaban J connectivity index is 1.19. The lowest BCUT2D eigenvalue weighted by molar-refractivity contribution is -0.378. The number of ether oxygens (including phenoxy) is 8. The Labute approximate surface area is 359 Å². The van der Waals surface area contributed by atoms with Crippen LogP contribution in [0.25, 0.3) is 11.8 Å². The molecule has 7 atom stereocenters. The predicted molar refractivity (Wildman–Crippen MR) is 222 cm³/mol. The minimum Gasteiger partial charge on any atom is -0.506 e. The molecule has 19 heteroatoms. The number of carbonyl (C=O) groups excluding carboxylic acids is 4. The summed E-state index contributed by atoms with van der Waals surface area (Å²) in [5, 5.41) is 35.2. The molecule has 0 bridgehead atoms. The number of likely N-dealkylation sites (N-methyl/N-ethyl adjacent to an activating group) is 1. The number of urea groups is 1. The molecule has 1 spiro atoms. The van der Waals surface area contributed by atoms with Crippen LogP contribution in [0.1, 0.15) is 61.0 Å². The van der Waals surface area contributed by atoms with Crippen molar-refractivity contribution in [3.8, 4) is 11.5 Å². The number of hydrogen-bond acceptors (Lipinski definition) is 15. The minimum atomic E-state index is -1.89. The molecule has 62 heavy (non-hydrogen) atoms. The average molecular weight is 870 g/mol. The molecule has 19 nitrogen and oxygen atoms in total. The summed E-state index contributed by atoms with van der Waals surface area (Å²) in [6, 6.07) is 5.70. The van der Waals surface area contributed by atoms with E-state index in [0.29, 0.717) is 60.0 Å². The number of carbonyl (C=O) groups is 4. The Hall–Kier alpha value is -5.02. The first kappa shape index (κ1) is 46.5. The molecule has 2 aliphatic heterocycles. The fourth-order valence-corrected chi connectivity index (χ4v) is 8.54. The monoisotopic (exact) mass is 869 g/mol. The molecule has 2 heterocycles. The van der Waals surface area contributed by atoms with Crippen LogP contribution >= 0.6 is 0 Å². The van der Waals surface area contributed by atoms with Crippen molar-refractivity contribution in [3.63, 3.8) is 0 Å². The van der Waals surface area contributed by atoms with Gasteiger partial charge < -0.3 is 75.1 Å². The number of Topliss-reactive ketones (excluding diaryl/α,β-unsaturated/α-hetero) is 1. The number of nitrogens with one attached hydrogen (secondary N) is 4. The van der Waals surface area contributed by atoms with Crippen molar-refractivity contribution < 1.29 is 67.3 Å². The second kappa shape index (κ2) is 20.0. The third-order valence-electron chi connectivity index (χ3n) is 12.1. The van der Waals surface area contributed by atoms with Gasteiger partial charge in [0.2, 0.25) is 11.5 Å². The number of alkyl carbamates (subject to hydrolysis) is 1. The van der Waals surface area contributed by atoms with E-state index in [1.807, 2.05) is 19.9 Å². The number of primary amides is 1. The van der Waals surface area contributed by atoms with Gasteiger partial charge in [0.1, 0.15) is 29.8 Å². The highest BCUT2D eigenvalue weighted by Crippen LogP contribution is 2.55. The smallest absolute Gasteiger partial charge is 0.407 e. The van der Waals surface area contributed by atoms with E-state index in [2.05, 4.69) is 21.3 Å². The van der Waals surface area contributed by atoms with Crippen molar-refractivity contribution in [1.29, 1.82) is 0 Å². The molecule has 340 valence electrons. The first-order valence-electron chi connectivity index (χ1n) is 20.8. The first-order chi connectivity index (χ1) is 29.7. The second-order valence-corrected chi connectivity index (χ2v) is 15.9. The molecule has 0 aromatic heterocycles. The standard InChI is InChI=1S/C43H59N5O14/c1-23-19-28-33(34(50)32-27(36(28)55-4)9-7-11-31(32)49)35(24(23)2)62-43(29(38(56-5)57-6)21-58-39(52)42(43)22-61-42)60-18-17-47-41(54)59-20-25-12-14-26(15-13-25)48-37(51)30(45-3)10-8-16-46-40(44)53/h12-15,19,23-24,29-30,38-39,45,50,52H,7-11,16-18,20-22H2,1-6H3,(H,47,54)(H,48,51)(H3,44,46,53). The largest absolute Gasteiger partial charge is 0.506 e. The summed E-state index contributed by atoms with van der Waals surface area (Å²) < 4.78 is 48.4. The molecule has 2 aromatic rings. The third kappa shape index (κ3) is 9.34. The van der Waals surface area contributed by atoms with E-state index in [4.69, 9.17) is 43.6 Å². The number of aliphatic hydroxyl groups is 1. The quantitative estimate of drug-likeness (QED) is 0.0592. The fraction of sp³-hybridized carbons (Fsp3) is 0.581. The lowest BCUT2D eigenvalue weighted by Gasteiger charge is -2.51. The fourth-order valence-electron chi connectivity index (χ4n) is 8.54. The van der Waals surface area contributed by atoms with Crippen molar-refractivity contribution >= 4 is 41.3 Å². The molecule has 4 aliphatic rings. The van der Waals surface area contributed by atoms with Crippen molar-refractivity contribution in [2.75, 3.05) is 66.6 Å². The van der Waals surface area contributed by atoms with Crippen LogP contribution in [-0.4, -0.2) is 125 Å². The molecule has 0 saturated carbocycles. The number of nitrogens with two attached hydrogens (primary N) is 1. The summed E-state index contributed by atoms with van der Waals surface area (Å²) >= 11 is 0. The van der Waals surface area contributed by atoms with Gasteiger partial charge in [0.15, 0.2) is 18.4 Å². The van der Waals surface area contributed by atoms with Gasteiger partial charge in [-0.1, -0.05) is 32.1 Å². The highest BCUT2D eigenvalue weighted by Gasteiger charge is 2.77. The number of phenolic OH excluding ortho intramolecular Hbond substituents is 1. The number of hydrogen-bond donors (Lipinski definition) is 7. The van der Waals surface area contributed by atoms with Crippen molar-refractivity contribution in [2.45, 2.75) is 82.6 Å². The first-order valence-corrected chi connectivity index (χ1v) is 20.8. The minimum absolute atomic E-state index is 0.0386. The van der Waals surface area contributed by atoms with Gasteiger partial charge in [-0.2, -0.15) is 0 Å². The molecule has 0 radical (unpaired) electrons. The number of aliphatic hydroxyl groups excluding tert-OH is 1. The Morgan fingerprint density at radius 1 is 1.05 bits per heavy atom. The number of benzene rings is 2. The zero-order valence-electron chi connectivity index (χ0n) is 36.0. The lowest BCUT2D eigenvalue weighted by Crippen LogP contribution is -2.69. The molecule has 2 aliphatic carbocycles. The summed E-state index contributed by atoms with van der Waals surface area (Å²) in [6.45, 7) is 3.76. The summed E-state index contributed by atoms with van der Waals surface area (Å²) in [4.78, 5) is 50.0. The maximum atomic E-state index is 13.3. The van der Waals surface area contributed by atoms with Crippen molar-refractivity contribution in [1.82, 2.24) is 16.0 Å². The highest BCUT2D eigenvalue weighted by molar-refractivity contribution is 6.02. The van der Waals surface area contributed by atoms with Gasteiger partial charge in [-0.3, -0.25) is 9.59 Å². The molecule has 8 N–H and O–H groups in total. The predicted octanol–water partition coefficient (Wildman–Crippen LogP) is 1.08. The van der Waals surface area contributed by atoms with Crippen LogP contribution in [0, 0.1) is 17.8 Å². The summed E-state index contributed by atoms with van der Waals surface area (Å²) in [5.41, 5.74) is 5.55. The zero-order chi connectivity index (χ0) is 44.8. The van der Waals surface area contributed by atoms with Crippen LogP contribution in [0.4, 0.5) is 15.3 Å². The van der Waals surface area contributed by atoms with Gasteiger partial charge >= 0.3 is 12.1 Å². The van der Waals surface area contributed by atoms with Crippen LogP contribution in [0.2, 0.25) is 0 Å². The third-order valence-corrected chi connectivity index (χ3v) is 12.1. The SMILES string of the molecule is CNC(CCCNC(N)=O)C(=O)Nc1ccc(COC(=O)NCCOC2(OC3=c4c(O)c5c(c(OC)c4=CC(C)C3C)CCCC5=O)C(C(OC)OC)COC(O)C23CO3)cc1. The van der Waals surface area contributed by atoms with Crippen LogP contribution in [0.5, 0.6) is 11.5 Å². The summed E-state index contributed by atoms with van der Waals surface area (Å²) in [5.74, 6) is -3.24. The molecule has 6 rings (SSSR count). The molecular weight excluding hydrogens is 810 g/mol. The van der Waals surface area contributed by atoms with Gasteiger partial charge in [-0.25, -0.2) is 9.59 Å². The Bertz CT molecular complexity index is 2090. The van der Waals surface area contributed by atoms with Gasteiger partial charge in [-0.05, 0) is 56.3 Å². The number of ketones is 1. The summed E-state index contributed by atoms with van der Waals surface area (Å²) in [6.07, 6.45) is 1.22. The number of phenols is 1. The topological polar surface area (TPSA) is 260 Å². The van der Waals surface area contributed by atoms with E-state index < -0.39 is 48.1 Å². The van der Waals surface area contributed by atoms with E-state index in [1.165, 1.54) is 21.3 Å².